The van der Waals surface area contributed by atoms with E-state index < -0.39 is 11.9 Å². The molecule has 176 valence electrons. The molecule has 0 saturated carbocycles. The monoisotopic (exact) mass is 468 g/mol. The van der Waals surface area contributed by atoms with E-state index in [0.29, 0.717) is 40.5 Å². The summed E-state index contributed by atoms with van der Waals surface area (Å²) in [6.45, 7) is 2.43. The van der Waals surface area contributed by atoms with Crippen molar-refractivity contribution >= 4 is 28.9 Å². The van der Waals surface area contributed by atoms with Gasteiger partial charge in [-0.15, -0.1) is 0 Å². The topological polar surface area (TPSA) is 86.2 Å². The maximum atomic E-state index is 12.8. The second kappa shape index (κ2) is 11.0. The van der Waals surface area contributed by atoms with Gasteiger partial charge in [-0.2, -0.15) is 5.10 Å². The normalized spacial score (nSPS) is 10.8. The summed E-state index contributed by atoms with van der Waals surface area (Å²) < 4.78 is 16.3. The average Bonchev–Trinajstić information content (AvgIpc) is 2.90. The number of nitrogens with zero attached hydrogens (tertiary/aromatic N) is 1. The number of amides is 1. The minimum atomic E-state index is -0.515. The molecule has 0 aliphatic rings. The number of fused-ring (bicyclic) bond motifs is 1. The van der Waals surface area contributed by atoms with Crippen molar-refractivity contribution in [2.45, 2.75) is 6.92 Å². The van der Waals surface area contributed by atoms with E-state index in [1.807, 2.05) is 37.3 Å². The van der Waals surface area contributed by atoms with Crippen LogP contribution in [0.15, 0.2) is 90.0 Å². The van der Waals surface area contributed by atoms with Crippen LogP contribution in [0.4, 0.5) is 0 Å². The Labute approximate surface area is 202 Å². The molecule has 1 N–H and O–H groups in total. The number of hydrazone groups is 1. The van der Waals surface area contributed by atoms with Crippen LogP contribution in [0, 0.1) is 0 Å². The fourth-order valence-corrected chi connectivity index (χ4v) is 3.49. The summed E-state index contributed by atoms with van der Waals surface area (Å²) in [4.78, 5) is 25.3. The molecular formula is C28H24N2O5. The highest BCUT2D eigenvalue weighted by atomic mass is 16.5. The molecule has 0 heterocycles. The molecule has 4 aromatic rings. The number of methoxy groups -OCH3 is 1. The van der Waals surface area contributed by atoms with Crippen molar-refractivity contribution in [2.75, 3.05) is 13.7 Å². The molecule has 35 heavy (non-hydrogen) atoms. The molecule has 0 aliphatic heterocycles. The van der Waals surface area contributed by atoms with Crippen LogP contribution in [0.1, 0.15) is 33.2 Å². The number of carbonyl (C=O) groups excluding carboxylic acids is 2. The number of hydrogen-bond acceptors (Lipinski definition) is 6. The quantitative estimate of drug-likeness (QED) is 0.166. The molecule has 7 nitrogen and oxygen atoms in total. The lowest BCUT2D eigenvalue weighted by molar-refractivity contribution is 0.0734. The van der Waals surface area contributed by atoms with E-state index >= 15 is 0 Å². The van der Waals surface area contributed by atoms with E-state index in [-0.39, 0.29) is 0 Å². The van der Waals surface area contributed by atoms with Crippen LogP contribution in [0.5, 0.6) is 17.2 Å². The van der Waals surface area contributed by atoms with Crippen LogP contribution < -0.4 is 19.6 Å². The van der Waals surface area contributed by atoms with Crippen molar-refractivity contribution in [1.82, 2.24) is 5.43 Å². The SMILES string of the molecule is CCOc1ccc(C(=O)Oc2ccc3ccccc3c2C=NNC(=O)c2cccc(OC)c2)cc1. The molecule has 0 aromatic heterocycles. The summed E-state index contributed by atoms with van der Waals surface area (Å²) in [5, 5.41) is 5.88. The third-order valence-electron chi connectivity index (χ3n) is 5.23. The number of nitrogens with one attached hydrogen (secondary N) is 1. The zero-order valence-electron chi connectivity index (χ0n) is 19.4. The molecule has 7 heteroatoms. The number of carbonyl (C=O) groups is 2. The fraction of sp³-hybridized carbons (Fsp3) is 0.107. The van der Waals surface area contributed by atoms with Crippen molar-refractivity contribution in [3.63, 3.8) is 0 Å². The van der Waals surface area contributed by atoms with Crippen molar-refractivity contribution in [3.05, 3.63) is 102 Å². The zero-order chi connectivity index (χ0) is 24.6. The van der Waals surface area contributed by atoms with Crippen LogP contribution in [-0.4, -0.2) is 31.8 Å². The number of rotatable bonds is 8. The first-order valence-corrected chi connectivity index (χ1v) is 11.0. The molecule has 4 aromatic carbocycles. The van der Waals surface area contributed by atoms with E-state index in [0.717, 1.165) is 10.8 Å². The van der Waals surface area contributed by atoms with Gasteiger partial charge in [-0.1, -0.05) is 36.4 Å². The largest absolute Gasteiger partial charge is 0.497 e. The summed E-state index contributed by atoms with van der Waals surface area (Å²) in [7, 11) is 1.53. The highest BCUT2D eigenvalue weighted by molar-refractivity contribution is 6.04. The van der Waals surface area contributed by atoms with E-state index in [4.69, 9.17) is 14.2 Å². The van der Waals surface area contributed by atoms with Crippen LogP contribution in [0.3, 0.4) is 0 Å². The fourth-order valence-electron chi connectivity index (χ4n) is 3.49. The molecule has 0 aliphatic carbocycles. The van der Waals surface area contributed by atoms with Crippen molar-refractivity contribution < 1.29 is 23.8 Å². The van der Waals surface area contributed by atoms with Gasteiger partial charge in [0.25, 0.3) is 5.91 Å². The lowest BCUT2D eigenvalue weighted by atomic mass is 10.0. The summed E-state index contributed by atoms with van der Waals surface area (Å²) in [5.41, 5.74) is 3.87. The van der Waals surface area contributed by atoms with Gasteiger partial charge >= 0.3 is 5.97 Å². The lowest BCUT2D eigenvalue weighted by Gasteiger charge is -2.11. The molecule has 0 atom stereocenters. The predicted octanol–water partition coefficient (Wildman–Crippen LogP) is 5.23. The first-order chi connectivity index (χ1) is 17.1. The summed E-state index contributed by atoms with van der Waals surface area (Å²) in [6, 6.07) is 24.7. The number of benzene rings is 4. The van der Waals surface area contributed by atoms with Crippen LogP contribution in [-0.2, 0) is 0 Å². The van der Waals surface area contributed by atoms with Crippen molar-refractivity contribution in [2.24, 2.45) is 5.10 Å². The number of hydrogen-bond donors (Lipinski definition) is 1. The maximum absolute atomic E-state index is 12.8. The average molecular weight is 469 g/mol. The smallest absolute Gasteiger partial charge is 0.343 e. The second-order valence-electron chi connectivity index (χ2n) is 7.48. The lowest BCUT2D eigenvalue weighted by Crippen LogP contribution is -2.17. The van der Waals surface area contributed by atoms with Gasteiger partial charge in [-0.3, -0.25) is 4.79 Å². The standard InChI is InChI=1S/C28H24N2O5/c1-3-34-22-14-11-20(12-15-22)28(32)35-26-16-13-19-7-4-5-10-24(19)25(26)18-29-30-27(31)21-8-6-9-23(17-21)33-2/h4-18H,3H2,1-2H3,(H,30,31). The third kappa shape index (κ3) is 5.65. The van der Waals surface area contributed by atoms with Crippen molar-refractivity contribution in [3.8, 4) is 17.2 Å². The van der Waals surface area contributed by atoms with E-state index in [1.54, 1.807) is 54.6 Å². The van der Waals surface area contributed by atoms with Crippen LogP contribution in [0.2, 0.25) is 0 Å². The predicted molar refractivity (Wildman–Crippen MR) is 135 cm³/mol. The van der Waals surface area contributed by atoms with Crippen LogP contribution in [0.25, 0.3) is 10.8 Å². The molecule has 0 saturated heterocycles. The molecular weight excluding hydrogens is 444 g/mol. The van der Waals surface area contributed by atoms with Gasteiger partial charge in [0.05, 0.1) is 25.5 Å². The molecule has 0 radical (unpaired) electrons. The molecule has 0 bridgehead atoms. The Morgan fingerprint density at radius 2 is 1.69 bits per heavy atom. The molecule has 1 amide bonds. The van der Waals surface area contributed by atoms with Gasteiger partial charge in [0, 0.05) is 11.1 Å². The maximum Gasteiger partial charge on any atom is 0.343 e. The summed E-state index contributed by atoms with van der Waals surface area (Å²) in [5.74, 6) is 0.655. The Balaban J connectivity index is 1.58. The molecule has 4 rings (SSSR count). The van der Waals surface area contributed by atoms with Gasteiger partial charge in [-0.05, 0) is 66.2 Å². The molecule has 0 unspecified atom stereocenters. The summed E-state index contributed by atoms with van der Waals surface area (Å²) in [6.07, 6.45) is 1.47. The minimum Gasteiger partial charge on any atom is -0.497 e. The first kappa shape index (κ1) is 23.5. The highest BCUT2D eigenvalue weighted by Crippen LogP contribution is 2.27. The zero-order valence-corrected chi connectivity index (χ0v) is 19.4. The van der Waals surface area contributed by atoms with E-state index in [2.05, 4.69) is 10.5 Å². The molecule has 0 spiro atoms. The Morgan fingerprint density at radius 1 is 0.886 bits per heavy atom. The van der Waals surface area contributed by atoms with Gasteiger partial charge in [-0.25, -0.2) is 10.2 Å². The first-order valence-electron chi connectivity index (χ1n) is 11.0. The van der Waals surface area contributed by atoms with Gasteiger partial charge in [0.2, 0.25) is 0 Å². The van der Waals surface area contributed by atoms with Gasteiger partial charge < -0.3 is 14.2 Å². The van der Waals surface area contributed by atoms with E-state index in [9.17, 15) is 9.59 Å². The Bertz CT molecular complexity index is 1380. The van der Waals surface area contributed by atoms with Gasteiger partial charge in [0.15, 0.2) is 0 Å². The Hall–Kier alpha value is -4.65. The second-order valence-corrected chi connectivity index (χ2v) is 7.48. The Kier molecular flexibility index (Phi) is 7.37. The number of esters is 1. The number of ether oxygens (including phenoxy) is 3. The van der Waals surface area contributed by atoms with Crippen molar-refractivity contribution in [1.29, 1.82) is 0 Å². The highest BCUT2D eigenvalue weighted by Gasteiger charge is 2.14. The Morgan fingerprint density at radius 3 is 2.46 bits per heavy atom. The van der Waals surface area contributed by atoms with E-state index in [1.165, 1.54) is 13.3 Å². The molecule has 0 fully saturated rings. The summed E-state index contributed by atoms with van der Waals surface area (Å²) >= 11 is 0. The minimum absolute atomic E-state index is 0.321. The third-order valence-corrected chi connectivity index (χ3v) is 5.23. The van der Waals surface area contributed by atoms with Gasteiger partial charge in [0.1, 0.15) is 17.2 Å². The van der Waals surface area contributed by atoms with Crippen LogP contribution >= 0.6 is 0 Å².